The number of fused-ring (bicyclic) bond motifs is 18. The molecule has 10 aromatic carbocycles. The molecule has 0 saturated heterocycles. The lowest BCUT2D eigenvalue weighted by molar-refractivity contribution is 0.590. The maximum absolute atomic E-state index is 3.05. The second kappa shape index (κ2) is 16.9. The van der Waals surface area contributed by atoms with E-state index in [9.17, 15) is 0 Å². The van der Waals surface area contributed by atoms with E-state index < -0.39 is 0 Å². The number of hydrogen-bond acceptors (Lipinski definition) is 5. The van der Waals surface area contributed by atoms with Crippen LogP contribution in [0.15, 0.2) is 109 Å². The fourth-order valence-electron chi connectivity index (χ4n) is 22.3. The van der Waals surface area contributed by atoms with Gasteiger partial charge in [0.1, 0.15) is 0 Å². The minimum absolute atomic E-state index is 0.00328. The molecule has 0 N–H and O–H groups in total. The Balaban J connectivity index is 0.949. The molecule has 5 nitrogen and oxygen atoms in total. The van der Waals surface area contributed by atoms with Gasteiger partial charge in [-0.2, -0.15) is 0 Å². The van der Waals surface area contributed by atoms with Crippen LogP contribution in [0.4, 0.5) is 62.6 Å². The second-order valence-electron chi connectivity index (χ2n) is 38.4. The summed E-state index contributed by atoms with van der Waals surface area (Å²) in [4.78, 5) is 14.7. The van der Waals surface area contributed by atoms with Gasteiger partial charge in [-0.3, -0.25) is 0 Å². The maximum Gasteiger partial charge on any atom is 0.252 e. The van der Waals surface area contributed by atoms with Crippen LogP contribution >= 0.6 is 0 Å². The van der Waals surface area contributed by atoms with Crippen LogP contribution in [0.5, 0.6) is 0 Å². The Bertz CT molecular complexity index is 5150. The fourth-order valence-corrected chi connectivity index (χ4v) is 22.3. The van der Waals surface area contributed by atoms with Crippen molar-refractivity contribution in [3.63, 3.8) is 0 Å². The van der Waals surface area contributed by atoms with E-state index in [0.717, 1.165) is 38.4 Å². The van der Waals surface area contributed by atoms with Crippen LogP contribution < -0.4 is 90.1 Å². The molecule has 1 atom stereocenters. The molecule has 12 aliphatic rings. The van der Waals surface area contributed by atoms with Crippen molar-refractivity contribution in [2.24, 2.45) is 0 Å². The van der Waals surface area contributed by atoms with Gasteiger partial charge in [0.25, 0.3) is 13.4 Å². The van der Waals surface area contributed by atoms with Crippen LogP contribution in [-0.4, -0.2) is 66.1 Å². The minimum atomic E-state index is -0.0239. The van der Waals surface area contributed by atoms with Crippen LogP contribution in [-0.2, 0) is 32.5 Å². The third-order valence-electron chi connectivity index (χ3n) is 26.8. The van der Waals surface area contributed by atoms with Crippen LogP contribution in [0.2, 0.25) is 12.6 Å². The molecule has 0 amide bonds. The van der Waals surface area contributed by atoms with E-state index in [0.29, 0.717) is 19.3 Å². The Hall–Kier alpha value is -7.63. The fraction of sp³-hybridized carbons (Fsp3) is 0.365. The quantitative estimate of drug-likeness (QED) is 0.111. The van der Waals surface area contributed by atoms with Gasteiger partial charge < -0.3 is 24.5 Å². The monoisotopic (exact) mass is 1240 g/mol. The molecular weight excluding hydrogens is 1160 g/mol. The van der Waals surface area contributed by atoms with Crippen LogP contribution in [0.1, 0.15) is 169 Å². The summed E-state index contributed by atoms with van der Waals surface area (Å²) < 4.78 is 0. The molecule has 22 rings (SSSR count). The van der Waals surface area contributed by atoms with E-state index in [2.05, 4.69) is 258 Å². The van der Waals surface area contributed by atoms with Crippen molar-refractivity contribution in [1.29, 1.82) is 0 Å². The molecule has 0 radical (unpaired) electrons. The predicted molar refractivity (Wildman–Crippen MR) is 422 cm³/mol. The van der Waals surface area contributed by atoms with E-state index in [1.165, 1.54) is 118 Å². The first-order valence-corrected chi connectivity index (χ1v) is 36.9. The van der Waals surface area contributed by atoms with Gasteiger partial charge in [0, 0.05) is 104 Å². The second-order valence-corrected chi connectivity index (χ2v) is 38.4. The zero-order valence-corrected chi connectivity index (χ0v) is 59.9. The smallest absolute Gasteiger partial charge is 0.252 e. The topological polar surface area (TPSA) is 16.2 Å². The highest BCUT2D eigenvalue weighted by atomic mass is 15.2. The SMILES string of the molecule is CC(C)(C)c1ccc2c(c1)B1c3cc(C(C)(C)C)ccc3N3c4ccc(C(C)(C)C)cc4B4CC5CB6CN7c8ccc(C(C)(C)C)cc8B8c9cc(C(C)(C)C)ccc9N9c%10ccc(C(C)(C)C)cc%10B%10CN%11CB%12CN2c2c1c3c4c1c5c3c6c4c7c8c9c%10c4c%11c3c%12c21. The molecule has 10 aromatic rings. The molecule has 0 aromatic heterocycles. The Kier molecular flexibility index (Phi) is 9.93. The van der Waals surface area contributed by atoms with E-state index >= 15 is 0 Å². The van der Waals surface area contributed by atoms with Crippen molar-refractivity contribution in [2.45, 2.75) is 176 Å². The van der Waals surface area contributed by atoms with Crippen molar-refractivity contribution in [1.82, 2.24) is 0 Å². The summed E-state index contributed by atoms with van der Waals surface area (Å²) in [6.45, 7) is 45.0. The molecule has 468 valence electrons. The van der Waals surface area contributed by atoms with Crippen molar-refractivity contribution in [2.75, 3.05) is 50.3 Å². The van der Waals surface area contributed by atoms with Gasteiger partial charge in [0.05, 0.1) is 5.69 Å². The minimum Gasteiger partial charge on any atom is -0.384 e. The lowest BCUT2D eigenvalue weighted by Gasteiger charge is -2.57. The van der Waals surface area contributed by atoms with E-state index in [1.807, 2.05) is 0 Å². The van der Waals surface area contributed by atoms with Crippen LogP contribution in [0.3, 0.4) is 0 Å². The molecule has 12 heterocycles. The summed E-state index contributed by atoms with van der Waals surface area (Å²) in [6, 6.07) is 46.6. The first kappa shape index (κ1) is 56.4. The average Bonchev–Trinajstić information content (AvgIpc) is 0.637. The summed E-state index contributed by atoms with van der Waals surface area (Å²) in [5.74, 6) is 0.395. The third-order valence-corrected chi connectivity index (χ3v) is 26.8. The van der Waals surface area contributed by atoms with Gasteiger partial charge in [-0.25, -0.2) is 0 Å². The number of benzene rings is 10. The Morgan fingerprint density at radius 1 is 0.292 bits per heavy atom. The van der Waals surface area contributed by atoms with Gasteiger partial charge in [-0.05, 0) is 174 Å². The first-order chi connectivity index (χ1) is 45.4. The van der Waals surface area contributed by atoms with Crippen molar-refractivity contribution in [3.8, 4) is 0 Å². The van der Waals surface area contributed by atoms with Crippen molar-refractivity contribution < 1.29 is 0 Å². The summed E-state index contributed by atoms with van der Waals surface area (Å²) in [7, 11) is 0. The number of nitrogens with zero attached hydrogens (tertiary/aromatic N) is 5. The number of anilines is 11. The summed E-state index contributed by atoms with van der Waals surface area (Å²) >= 11 is 0. The molecule has 1 unspecified atom stereocenters. The number of hydrogen-bond donors (Lipinski definition) is 0. The van der Waals surface area contributed by atoms with Crippen LogP contribution in [0, 0.1) is 0 Å². The normalized spacial score (nSPS) is 18.6. The summed E-state index contributed by atoms with van der Waals surface area (Å²) in [5.41, 5.74) is 45.1. The Morgan fingerprint density at radius 3 is 1.07 bits per heavy atom. The predicted octanol–water partition coefficient (Wildman–Crippen LogP) is 11.8. The lowest BCUT2D eigenvalue weighted by atomic mass is 9.23. The number of rotatable bonds is 0. The molecule has 12 aliphatic heterocycles. The van der Waals surface area contributed by atoms with E-state index in [-0.39, 0.29) is 59.3 Å². The van der Waals surface area contributed by atoms with E-state index in [4.69, 9.17) is 0 Å². The molecule has 0 aliphatic carbocycles. The van der Waals surface area contributed by atoms with Gasteiger partial charge in [0.15, 0.2) is 0 Å². The van der Waals surface area contributed by atoms with E-state index in [1.54, 1.807) is 81.8 Å². The Morgan fingerprint density at radius 2 is 0.625 bits per heavy atom. The van der Waals surface area contributed by atoms with Gasteiger partial charge in [0.2, 0.25) is 26.9 Å². The van der Waals surface area contributed by atoms with Gasteiger partial charge in [-0.15, -0.1) is 0 Å². The zero-order valence-electron chi connectivity index (χ0n) is 59.9. The molecule has 0 spiro atoms. The summed E-state index contributed by atoms with van der Waals surface area (Å²) in [6.07, 6.45) is 6.25. The van der Waals surface area contributed by atoms with Crippen molar-refractivity contribution in [3.05, 3.63) is 148 Å². The van der Waals surface area contributed by atoms with Gasteiger partial charge >= 0.3 is 0 Å². The molecule has 0 saturated carbocycles. The lowest BCUT2D eigenvalue weighted by Crippen LogP contribution is -2.72. The third kappa shape index (κ3) is 6.53. The molecule has 11 heteroatoms. The molecular formula is C85H85B6N5. The highest BCUT2D eigenvalue weighted by molar-refractivity contribution is 7.05. The van der Waals surface area contributed by atoms with Gasteiger partial charge in [-0.1, -0.05) is 226 Å². The van der Waals surface area contributed by atoms with Crippen molar-refractivity contribution >= 4 is 201 Å². The zero-order chi connectivity index (χ0) is 65.7. The largest absolute Gasteiger partial charge is 0.384 e. The first-order valence-electron chi connectivity index (χ1n) is 36.9. The Labute approximate surface area is 571 Å². The van der Waals surface area contributed by atoms with Crippen LogP contribution in [0.25, 0.3) is 32.3 Å². The molecule has 0 fully saturated rings. The maximum atomic E-state index is 3.05. The molecule has 96 heavy (non-hydrogen) atoms. The average molecular weight is 1240 g/mol. The highest BCUT2D eigenvalue weighted by Gasteiger charge is 2.60. The standard InChI is InChI=1S/C85H85B6N5/c1-80(2,3)44-21-27-58-50(31-44)88-38-43-37-86-40-93-56-25-19-46(82(7,8)9)33-52(56)91-55-36-49(85(16,17)18)24-30-61(55)96-59-28-22-45(81(4,5)6)32-51(59)89-42-92-39-87-41-94-57-26-20-47(83(10,11)12)34-53(57)90-54-35-48(84(13,14)15)23-29-60(54)95(58)78-71(88)64-62(43)63-65(70(87)66(64)76(94)73(78)90)75(92)68-67(69(63)86)77(93)74(91)79(96)72(68)89/h19-36,43H,37-42H2,1-18H3. The summed E-state index contributed by atoms with van der Waals surface area (Å²) in [5, 5.41) is 9.81. The molecule has 0 bridgehead atoms. The highest BCUT2D eigenvalue weighted by Crippen LogP contribution is 2.60.